The number of pyridine rings is 1. The highest BCUT2D eigenvalue weighted by molar-refractivity contribution is 7.98. The number of para-hydroxylation sites is 1. The number of aromatic nitrogens is 3. The number of methoxy groups -OCH3 is 1. The highest BCUT2D eigenvalue weighted by Gasteiger charge is 2.10. The van der Waals surface area contributed by atoms with Crippen LogP contribution in [0.4, 0.5) is 0 Å². The van der Waals surface area contributed by atoms with E-state index in [0.717, 1.165) is 39.0 Å². The van der Waals surface area contributed by atoms with Gasteiger partial charge in [-0.1, -0.05) is 30.0 Å². The molecule has 4 rings (SSSR count). The van der Waals surface area contributed by atoms with Gasteiger partial charge < -0.3 is 4.74 Å². The number of hydrogen-bond donors (Lipinski definition) is 0. The topological polar surface area (TPSA) is 47.9 Å². The molecule has 4 aromatic rings. The lowest BCUT2D eigenvalue weighted by Gasteiger charge is -2.11. The van der Waals surface area contributed by atoms with E-state index in [2.05, 4.69) is 47.2 Å². The lowest BCUT2D eigenvalue weighted by Crippen LogP contribution is -1.94. The maximum atomic E-state index is 5.54. The fourth-order valence-electron chi connectivity index (χ4n) is 3.05. The third-order valence-electron chi connectivity index (χ3n) is 4.40. The van der Waals surface area contributed by atoms with Crippen molar-refractivity contribution in [3.05, 3.63) is 78.1 Å². The lowest BCUT2D eigenvalue weighted by atomic mass is 10.0. The second-order valence-corrected chi connectivity index (χ2v) is 7.13. The van der Waals surface area contributed by atoms with Gasteiger partial charge in [0.2, 0.25) is 0 Å². The molecule has 0 bridgehead atoms. The Bertz CT molecular complexity index is 1080. The van der Waals surface area contributed by atoms with Gasteiger partial charge in [-0.25, -0.2) is 15.0 Å². The van der Waals surface area contributed by atoms with Gasteiger partial charge in [-0.2, -0.15) is 0 Å². The van der Waals surface area contributed by atoms with E-state index in [1.165, 1.54) is 10.9 Å². The van der Waals surface area contributed by atoms with E-state index in [9.17, 15) is 0 Å². The molecule has 0 saturated carbocycles. The molecule has 0 fully saturated rings. The van der Waals surface area contributed by atoms with Crippen molar-refractivity contribution in [2.75, 3.05) is 7.11 Å². The van der Waals surface area contributed by atoms with Crippen LogP contribution < -0.4 is 4.74 Å². The molecule has 0 saturated heterocycles. The van der Waals surface area contributed by atoms with E-state index < -0.39 is 0 Å². The predicted molar refractivity (Wildman–Crippen MR) is 110 cm³/mol. The maximum absolute atomic E-state index is 5.54. The Morgan fingerprint density at radius 3 is 2.59 bits per heavy atom. The summed E-state index contributed by atoms with van der Waals surface area (Å²) in [6.07, 6.45) is 3.51. The highest BCUT2D eigenvalue weighted by atomic mass is 32.2. The van der Waals surface area contributed by atoms with Crippen LogP contribution in [0.1, 0.15) is 11.1 Å². The minimum atomic E-state index is 0.730. The van der Waals surface area contributed by atoms with E-state index in [-0.39, 0.29) is 0 Å². The quantitative estimate of drug-likeness (QED) is 0.351. The highest BCUT2D eigenvalue weighted by Crippen LogP contribution is 2.31. The number of thioether (sulfide) groups is 1. The molecule has 0 atom stereocenters. The van der Waals surface area contributed by atoms with Crippen molar-refractivity contribution in [2.45, 2.75) is 17.8 Å². The first-order valence-corrected chi connectivity index (χ1v) is 9.66. The van der Waals surface area contributed by atoms with Gasteiger partial charge in [-0.05, 0) is 48.9 Å². The number of fused-ring (bicyclic) bond motifs is 1. The van der Waals surface area contributed by atoms with Crippen LogP contribution in [0, 0.1) is 6.92 Å². The van der Waals surface area contributed by atoms with Crippen LogP contribution in [0.2, 0.25) is 0 Å². The molecule has 134 valence electrons. The number of nitrogens with zero attached hydrogens (tertiary/aromatic N) is 3. The SMILES string of the molecule is COc1ccc(-c2cc(C)c3ccccc3n2)cc1CSc1ncccn1. The molecule has 27 heavy (non-hydrogen) atoms. The van der Waals surface area contributed by atoms with Crippen LogP contribution >= 0.6 is 11.8 Å². The number of hydrogen-bond acceptors (Lipinski definition) is 5. The summed E-state index contributed by atoms with van der Waals surface area (Å²) in [6, 6.07) is 18.4. The molecule has 0 N–H and O–H groups in total. The first-order chi connectivity index (χ1) is 13.2. The Labute approximate surface area is 162 Å². The van der Waals surface area contributed by atoms with Gasteiger partial charge in [0, 0.05) is 34.7 Å². The van der Waals surface area contributed by atoms with Gasteiger partial charge in [-0.3, -0.25) is 0 Å². The van der Waals surface area contributed by atoms with Crippen molar-refractivity contribution in [2.24, 2.45) is 0 Å². The Morgan fingerprint density at radius 2 is 1.78 bits per heavy atom. The maximum Gasteiger partial charge on any atom is 0.187 e. The molecule has 5 heteroatoms. The van der Waals surface area contributed by atoms with E-state index in [1.807, 2.05) is 24.3 Å². The van der Waals surface area contributed by atoms with E-state index in [0.29, 0.717) is 0 Å². The number of ether oxygens (including phenoxy) is 1. The van der Waals surface area contributed by atoms with Crippen LogP contribution in [0.3, 0.4) is 0 Å². The molecule has 0 aliphatic rings. The standard InChI is InChI=1S/C22H19N3OS/c1-15-12-20(25-19-7-4-3-6-18(15)19)16-8-9-21(26-2)17(13-16)14-27-22-23-10-5-11-24-22/h3-13H,14H2,1-2H3. The predicted octanol–water partition coefficient (Wildman–Crippen LogP) is 5.30. The summed E-state index contributed by atoms with van der Waals surface area (Å²) in [4.78, 5) is 13.4. The molecule has 0 radical (unpaired) electrons. The van der Waals surface area contributed by atoms with Crippen molar-refractivity contribution in [1.29, 1.82) is 0 Å². The van der Waals surface area contributed by atoms with Crippen molar-refractivity contribution in [1.82, 2.24) is 15.0 Å². The zero-order chi connectivity index (χ0) is 18.6. The molecule has 2 heterocycles. The van der Waals surface area contributed by atoms with Gasteiger partial charge in [0.25, 0.3) is 0 Å². The summed E-state index contributed by atoms with van der Waals surface area (Å²) >= 11 is 1.59. The molecule has 0 aliphatic heterocycles. The summed E-state index contributed by atoms with van der Waals surface area (Å²) < 4.78 is 5.54. The molecular formula is C22H19N3OS. The van der Waals surface area contributed by atoms with Crippen molar-refractivity contribution in [3.8, 4) is 17.0 Å². The average Bonchev–Trinajstić information content (AvgIpc) is 2.73. The molecule has 2 aromatic carbocycles. The van der Waals surface area contributed by atoms with Crippen molar-refractivity contribution < 1.29 is 4.74 Å². The molecule has 0 amide bonds. The molecule has 2 aromatic heterocycles. The van der Waals surface area contributed by atoms with Gasteiger partial charge in [0.05, 0.1) is 18.3 Å². The van der Waals surface area contributed by atoms with Crippen LogP contribution in [-0.4, -0.2) is 22.1 Å². The van der Waals surface area contributed by atoms with E-state index in [1.54, 1.807) is 31.3 Å². The minimum Gasteiger partial charge on any atom is -0.496 e. The summed E-state index contributed by atoms with van der Waals surface area (Å²) in [6.45, 7) is 2.13. The first-order valence-electron chi connectivity index (χ1n) is 8.68. The molecule has 0 aliphatic carbocycles. The number of benzene rings is 2. The normalized spacial score (nSPS) is 10.9. The zero-order valence-corrected chi connectivity index (χ0v) is 16.0. The first kappa shape index (κ1) is 17.5. The summed E-state index contributed by atoms with van der Waals surface area (Å²) in [5.41, 5.74) is 5.38. The molecule has 4 nitrogen and oxygen atoms in total. The average molecular weight is 373 g/mol. The Balaban J connectivity index is 1.69. The number of rotatable bonds is 5. The second-order valence-electron chi connectivity index (χ2n) is 6.19. The largest absolute Gasteiger partial charge is 0.496 e. The van der Waals surface area contributed by atoms with Crippen molar-refractivity contribution in [3.63, 3.8) is 0 Å². The monoisotopic (exact) mass is 373 g/mol. The van der Waals surface area contributed by atoms with Gasteiger partial charge in [-0.15, -0.1) is 0 Å². The van der Waals surface area contributed by atoms with E-state index >= 15 is 0 Å². The summed E-state index contributed by atoms with van der Waals surface area (Å²) in [5, 5.41) is 1.94. The van der Waals surface area contributed by atoms with Gasteiger partial charge in [0.15, 0.2) is 5.16 Å². The van der Waals surface area contributed by atoms with Gasteiger partial charge in [0.1, 0.15) is 5.75 Å². The Morgan fingerprint density at radius 1 is 0.963 bits per heavy atom. The molecular weight excluding hydrogens is 354 g/mol. The van der Waals surface area contributed by atoms with Gasteiger partial charge >= 0.3 is 0 Å². The molecule has 0 spiro atoms. The van der Waals surface area contributed by atoms with E-state index in [4.69, 9.17) is 9.72 Å². The van der Waals surface area contributed by atoms with Crippen LogP contribution in [-0.2, 0) is 5.75 Å². The Hall–Kier alpha value is -2.92. The summed E-state index contributed by atoms with van der Waals surface area (Å²) in [7, 11) is 1.70. The second kappa shape index (κ2) is 7.76. The van der Waals surface area contributed by atoms with Crippen LogP contribution in [0.15, 0.2) is 72.1 Å². The third-order valence-corrected chi connectivity index (χ3v) is 5.32. The minimum absolute atomic E-state index is 0.730. The van der Waals surface area contributed by atoms with Crippen molar-refractivity contribution >= 4 is 22.7 Å². The van der Waals surface area contributed by atoms with Crippen LogP contribution in [0.25, 0.3) is 22.2 Å². The number of aryl methyl sites for hydroxylation is 1. The lowest BCUT2D eigenvalue weighted by molar-refractivity contribution is 0.411. The zero-order valence-electron chi connectivity index (χ0n) is 15.2. The van der Waals surface area contributed by atoms with Crippen LogP contribution in [0.5, 0.6) is 5.75 Å². The molecule has 0 unspecified atom stereocenters. The Kier molecular flexibility index (Phi) is 5.03. The third kappa shape index (κ3) is 3.78. The smallest absolute Gasteiger partial charge is 0.187 e. The fraction of sp³-hybridized carbons (Fsp3) is 0.136. The summed E-state index contributed by atoms with van der Waals surface area (Å²) in [5.74, 6) is 1.59. The fourth-order valence-corrected chi connectivity index (χ4v) is 3.83.